The fourth-order valence-electron chi connectivity index (χ4n) is 1.35. The van der Waals surface area contributed by atoms with E-state index in [1.165, 1.54) is 5.57 Å². The Balaban J connectivity index is 3.01. The summed E-state index contributed by atoms with van der Waals surface area (Å²) in [6.07, 6.45) is 2.07. The zero-order valence-corrected chi connectivity index (χ0v) is 11.3. The lowest BCUT2D eigenvalue weighted by Crippen LogP contribution is -1.95. The third kappa shape index (κ3) is 3.43. The Morgan fingerprint density at radius 1 is 1.44 bits per heavy atom. The van der Waals surface area contributed by atoms with Gasteiger partial charge in [-0.05, 0) is 23.6 Å². The van der Waals surface area contributed by atoms with E-state index in [9.17, 15) is 0 Å². The van der Waals surface area contributed by atoms with Crippen LogP contribution >= 0.6 is 23.2 Å². The molecule has 0 fully saturated rings. The first-order valence-corrected chi connectivity index (χ1v) is 6.09. The lowest BCUT2D eigenvalue weighted by molar-refractivity contribution is 0.415. The quantitative estimate of drug-likeness (QED) is 0.716. The molecule has 0 amide bonds. The number of halogens is 2. The van der Waals surface area contributed by atoms with Crippen molar-refractivity contribution in [2.45, 2.75) is 13.8 Å². The standard InChI is InChI=1S/C13H16Cl2O/c1-9(2)11(8-14)6-10-4-5-13(16-3)12(15)7-10/h4-7,9H,8H2,1-3H3. The Bertz CT molecular complexity index is 384. The van der Waals surface area contributed by atoms with Gasteiger partial charge in [-0.15, -0.1) is 11.6 Å². The summed E-state index contributed by atoms with van der Waals surface area (Å²) in [5, 5.41) is 0.619. The predicted molar refractivity (Wildman–Crippen MR) is 71.5 cm³/mol. The van der Waals surface area contributed by atoms with E-state index >= 15 is 0 Å². The van der Waals surface area contributed by atoms with E-state index in [0.29, 0.717) is 22.6 Å². The van der Waals surface area contributed by atoms with Crippen LogP contribution < -0.4 is 4.74 Å². The largest absolute Gasteiger partial charge is 0.495 e. The number of rotatable bonds is 4. The second-order valence-electron chi connectivity index (χ2n) is 3.90. The fourth-order valence-corrected chi connectivity index (χ4v) is 2.00. The van der Waals surface area contributed by atoms with E-state index in [4.69, 9.17) is 27.9 Å². The van der Waals surface area contributed by atoms with Crippen LogP contribution in [0.3, 0.4) is 0 Å². The van der Waals surface area contributed by atoms with Crippen molar-refractivity contribution in [2.24, 2.45) is 5.92 Å². The van der Waals surface area contributed by atoms with Crippen LogP contribution in [-0.4, -0.2) is 13.0 Å². The van der Waals surface area contributed by atoms with Crippen molar-refractivity contribution in [3.05, 3.63) is 34.4 Å². The average Bonchev–Trinajstić information content (AvgIpc) is 2.25. The van der Waals surface area contributed by atoms with Crippen molar-refractivity contribution in [2.75, 3.05) is 13.0 Å². The summed E-state index contributed by atoms with van der Waals surface area (Å²) in [6.45, 7) is 4.25. The van der Waals surface area contributed by atoms with Gasteiger partial charge in [-0.1, -0.05) is 43.2 Å². The highest BCUT2D eigenvalue weighted by molar-refractivity contribution is 6.32. The van der Waals surface area contributed by atoms with Crippen molar-refractivity contribution in [3.8, 4) is 5.75 Å². The maximum absolute atomic E-state index is 6.05. The monoisotopic (exact) mass is 258 g/mol. The highest BCUT2D eigenvalue weighted by Gasteiger charge is 2.04. The van der Waals surface area contributed by atoms with Gasteiger partial charge in [0.1, 0.15) is 5.75 Å². The first kappa shape index (κ1) is 13.4. The van der Waals surface area contributed by atoms with Crippen molar-refractivity contribution >= 4 is 29.3 Å². The molecule has 16 heavy (non-hydrogen) atoms. The van der Waals surface area contributed by atoms with Crippen LogP contribution in [-0.2, 0) is 0 Å². The molecule has 0 unspecified atom stereocenters. The van der Waals surface area contributed by atoms with Crippen LogP contribution in [0.5, 0.6) is 5.75 Å². The van der Waals surface area contributed by atoms with Crippen molar-refractivity contribution < 1.29 is 4.74 Å². The summed E-state index contributed by atoms with van der Waals surface area (Å²) in [4.78, 5) is 0. The average molecular weight is 259 g/mol. The van der Waals surface area contributed by atoms with Gasteiger partial charge >= 0.3 is 0 Å². The number of hydrogen-bond acceptors (Lipinski definition) is 1. The number of hydrogen-bond donors (Lipinski definition) is 0. The van der Waals surface area contributed by atoms with E-state index in [1.807, 2.05) is 18.2 Å². The van der Waals surface area contributed by atoms with Crippen LogP contribution in [0.4, 0.5) is 0 Å². The number of allylic oxidation sites excluding steroid dienone is 1. The Kier molecular flexibility index (Phi) is 5.17. The van der Waals surface area contributed by atoms with Crippen molar-refractivity contribution in [3.63, 3.8) is 0 Å². The van der Waals surface area contributed by atoms with E-state index in [-0.39, 0.29) is 0 Å². The molecular weight excluding hydrogens is 243 g/mol. The van der Waals surface area contributed by atoms with Gasteiger partial charge in [0.15, 0.2) is 0 Å². The molecule has 0 radical (unpaired) electrons. The fraction of sp³-hybridized carbons (Fsp3) is 0.385. The molecule has 1 aromatic rings. The lowest BCUT2D eigenvalue weighted by Gasteiger charge is -2.08. The van der Waals surface area contributed by atoms with E-state index in [0.717, 1.165) is 5.56 Å². The molecular formula is C13H16Cl2O. The molecule has 0 aliphatic heterocycles. The molecule has 3 heteroatoms. The van der Waals surface area contributed by atoms with Crippen molar-refractivity contribution in [1.82, 2.24) is 0 Å². The van der Waals surface area contributed by atoms with Gasteiger partial charge in [0.2, 0.25) is 0 Å². The van der Waals surface area contributed by atoms with Gasteiger partial charge in [0.25, 0.3) is 0 Å². The topological polar surface area (TPSA) is 9.23 Å². The van der Waals surface area contributed by atoms with E-state index in [2.05, 4.69) is 19.9 Å². The molecule has 0 saturated carbocycles. The maximum atomic E-state index is 6.05. The van der Waals surface area contributed by atoms with Gasteiger partial charge in [0, 0.05) is 5.88 Å². The van der Waals surface area contributed by atoms with Crippen molar-refractivity contribution in [1.29, 1.82) is 0 Å². The molecule has 88 valence electrons. The molecule has 0 aliphatic carbocycles. The van der Waals surface area contributed by atoms with Crippen LogP contribution in [0.25, 0.3) is 6.08 Å². The van der Waals surface area contributed by atoms with Crippen LogP contribution in [0.1, 0.15) is 19.4 Å². The van der Waals surface area contributed by atoms with Gasteiger partial charge in [0.05, 0.1) is 12.1 Å². The summed E-state index contributed by atoms with van der Waals surface area (Å²) in [5.74, 6) is 1.68. The maximum Gasteiger partial charge on any atom is 0.137 e. The normalized spacial score (nSPS) is 12.0. The lowest BCUT2D eigenvalue weighted by atomic mass is 10.0. The minimum absolute atomic E-state index is 0.443. The molecule has 1 rings (SSSR count). The molecule has 0 aliphatic rings. The summed E-state index contributed by atoms with van der Waals surface area (Å²) >= 11 is 11.9. The zero-order valence-electron chi connectivity index (χ0n) is 9.76. The smallest absolute Gasteiger partial charge is 0.137 e. The van der Waals surface area contributed by atoms with Gasteiger partial charge in [-0.25, -0.2) is 0 Å². The summed E-state index contributed by atoms with van der Waals surface area (Å²) < 4.78 is 5.10. The molecule has 0 heterocycles. The van der Waals surface area contributed by atoms with Gasteiger partial charge in [-0.3, -0.25) is 0 Å². The highest BCUT2D eigenvalue weighted by atomic mass is 35.5. The second kappa shape index (κ2) is 6.17. The molecule has 0 aromatic heterocycles. The molecule has 1 nitrogen and oxygen atoms in total. The third-order valence-corrected chi connectivity index (χ3v) is 3.03. The third-order valence-electron chi connectivity index (χ3n) is 2.42. The Morgan fingerprint density at radius 3 is 2.56 bits per heavy atom. The highest BCUT2D eigenvalue weighted by Crippen LogP contribution is 2.26. The molecule has 0 spiro atoms. The van der Waals surface area contributed by atoms with Gasteiger partial charge in [-0.2, -0.15) is 0 Å². The summed E-state index contributed by atoms with van der Waals surface area (Å²) in [7, 11) is 1.61. The van der Waals surface area contributed by atoms with Crippen LogP contribution in [0, 0.1) is 5.92 Å². The second-order valence-corrected chi connectivity index (χ2v) is 4.58. The van der Waals surface area contributed by atoms with Gasteiger partial charge < -0.3 is 4.74 Å². The van der Waals surface area contributed by atoms with Crippen LogP contribution in [0.15, 0.2) is 23.8 Å². The molecule has 0 N–H and O–H groups in total. The zero-order chi connectivity index (χ0) is 12.1. The molecule has 0 atom stereocenters. The summed E-state index contributed by atoms with van der Waals surface area (Å²) in [6, 6.07) is 5.72. The first-order valence-electron chi connectivity index (χ1n) is 5.18. The molecule has 0 bridgehead atoms. The number of benzene rings is 1. The number of ether oxygens (including phenoxy) is 1. The SMILES string of the molecule is COc1ccc(C=C(CCl)C(C)C)cc1Cl. The minimum atomic E-state index is 0.443. The van der Waals surface area contributed by atoms with Crippen LogP contribution in [0.2, 0.25) is 5.02 Å². The summed E-state index contributed by atoms with van der Waals surface area (Å²) in [5.41, 5.74) is 2.25. The molecule has 1 aromatic carbocycles. The number of methoxy groups -OCH3 is 1. The first-order chi connectivity index (χ1) is 7.58. The Morgan fingerprint density at radius 2 is 2.12 bits per heavy atom. The van der Waals surface area contributed by atoms with E-state index in [1.54, 1.807) is 7.11 Å². The molecule has 0 saturated heterocycles. The number of alkyl halides is 1. The Labute approximate surface area is 107 Å². The predicted octanol–water partition coefficient (Wildman–Crippen LogP) is 4.63. The Hall–Kier alpha value is -0.660. The minimum Gasteiger partial charge on any atom is -0.495 e. The van der Waals surface area contributed by atoms with E-state index < -0.39 is 0 Å².